The van der Waals surface area contributed by atoms with E-state index in [-0.39, 0.29) is 10.8 Å². The van der Waals surface area contributed by atoms with Crippen LogP contribution in [0.15, 0.2) is 11.8 Å². The third-order valence-electron chi connectivity index (χ3n) is 2.04. The maximum Gasteiger partial charge on any atom is 0.147 e. The lowest BCUT2D eigenvalue weighted by atomic mass is 9.96. The van der Waals surface area contributed by atoms with E-state index in [4.69, 9.17) is 0 Å². The van der Waals surface area contributed by atoms with E-state index in [0.717, 1.165) is 10.8 Å². The van der Waals surface area contributed by atoms with Crippen molar-refractivity contribution in [2.24, 2.45) is 0 Å². The fourth-order valence-electron chi connectivity index (χ4n) is 1.00. The first-order valence-corrected chi connectivity index (χ1v) is 7.36. The Morgan fingerprint density at radius 1 is 0.944 bits per heavy atom. The number of hydrogen-bond acceptors (Lipinski definition) is 6. The normalized spacial score (nSPS) is 11.9. The minimum atomic E-state index is 0.111. The van der Waals surface area contributed by atoms with Crippen LogP contribution in [0.2, 0.25) is 0 Å². The molecule has 0 atom stereocenters. The molecular formula is C12H20N4S2. The predicted octanol–water partition coefficient (Wildman–Crippen LogP) is 3.67. The van der Waals surface area contributed by atoms with Gasteiger partial charge in [-0.25, -0.2) is 9.97 Å². The van der Waals surface area contributed by atoms with Gasteiger partial charge in [-0.15, -0.1) is 0 Å². The van der Waals surface area contributed by atoms with E-state index in [2.05, 4.69) is 60.3 Å². The third kappa shape index (κ3) is 4.78. The van der Waals surface area contributed by atoms with Crippen molar-refractivity contribution in [2.45, 2.75) is 52.4 Å². The van der Waals surface area contributed by atoms with Gasteiger partial charge in [-0.3, -0.25) is 0 Å². The molecule has 2 aromatic rings. The molecule has 100 valence electrons. The summed E-state index contributed by atoms with van der Waals surface area (Å²) < 4.78 is 8.04. The highest BCUT2D eigenvalue weighted by Gasteiger charge is 2.17. The van der Waals surface area contributed by atoms with Gasteiger partial charge in [-0.2, -0.15) is 8.75 Å². The van der Waals surface area contributed by atoms with Crippen molar-refractivity contribution in [3.63, 3.8) is 0 Å². The zero-order valence-corrected chi connectivity index (χ0v) is 13.4. The van der Waals surface area contributed by atoms with Crippen molar-refractivity contribution in [2.75, 3.05) is 0 Å². The number of hydrogen-bond donors (Lipinski definition) is 0. The second kappa shape index (κ2) is 5.84. The van der Waals surface area contributed by atoms with E-state index in [1.54, 1.807) is 11.8 Å². The molecule has 0 bridgehead atoms. The minimum Gasteiger partial charge on any atom is -0.227 e. The SMILES string of the molecule is CC(C)(C)c1ncns1.CC(C)(C)c1ncsn1. The molecular weight excluding hydrogens is 264 g/mol. The summed E-state index contributed by atoms with van der Waals surface area (Å²) in [6.45, 7) is 12.7. The monoisotopic (exact) mass is 284 g/mol. The van der Waals surface area contributed by atoms with Crippen LogP contribution in [0.4, 0.5) is 0 Å². The largest absolute Gasteiger partial charge is 0.227 e. The lowest BCUT2D eigenvalue weighted by molar-refractivity contribution is 0.555. The van der Waals surface area contributed by atoms with Gasteiger partial charge in [0.15, 0.2) is 0 Å². The van der Waals surface area contributed by atoms with Crippen LogP contribution in [0.5, 0.6) is 0 Å². The minimum absolute atomic E-state index is 0.111. The fourth-order valence-corrected chi connectivity index (χ4v) is 2.18. The van der Waals surface area contributed by atoms with Gasteiger partial charge in [0.2, 0.25) is 0 Å². The maximum absolute atomic E-state index is 4.12. The van der Waals surface area contributed by atoms with Gasteiger partial charge < -0.3 is 0 Å². The van der Waals surface area contributed by atoms with Crippen molar-refractivity contribution in [1.82, 2.24) is 18.7 Å². The molecule has 0 aliphatic rings. The van der Waals surface area contributed by atoms with Crippen LogP contribution >= 0.6 is 23.1 Å². The predicted molar refractivity (Wildman–Crippen MR) is 77.2 cm³/mol. The van der Waals surface area contributed by atoms with Crippen LogP contribution in [0, 0.1) is 0 Å². The molecule has 0 spiro atoms. The fraction of sp³-hybridized carbons (Fsp3) is 0.667. The van der Waals surface area contributed by atoms with Gasteiger partial charge in [-0.05, 0) is 23.1 Å². The molecule has 0 unspecified atom stereocenters. The second-order valence-corrected chi connectivity index (χ2v) is 7.39. The Morgan fingerprint density at radius 3 is 1.83 bits per heavy atom. The first-order valence-electron chi connectivity index (χ1n) is 5.75. The molecule has 4 nitrogen and oxygen atoms in total. The van der Waals surface area contributed by atoms with Gasteiger partial charge in [0.05, 0.1) is 0 Å². The molecule has 0 amide bonds. The van der Waals surface area contributed by atoms with Crippen molar-refractivity contribution < 1.29 is 0 Å². The molecule has 0 aliphatic heterocycles. The van der Waals surface area contributed by atoms with E-state index in [0.29, 0.717) is 0 Å². The summed E-state index contributed by atoms with van der Waals surface area (Å²) in [5.41, 5.74) is 2.04. The second-order valence-electron chi connectivity index (χ2n) is 6.00. The van der Waals surface area contributed by atoms with Crippen LogP contribution in [0.1, 0.15) is 52.4 Å². The number of aromatic nitrogens is 4. The third-order valence-corrected chi connectivity index (χ3v) is 3.60. The Hall–Kier alpha value is -0.880. The number of nitrogens with zero attached hydrogens (tertiary/aromatic N) is 4. The first kappa shape index (κ1) is 15.2. The van der Waals surface area contributed by atoms with E-state index < -0.39 is 0 Å². The molecule has 2 heterocycles. The van der Waals surface area contributed by atoms with Crippen LogP contribution < -0.4 is 0 Å². The topological polar surface area (TPSA) is 51.6 Å². The lowest BCUT2D eigenvalue weighted by Gasteiger charge is -2.11. The summed E-state index contributed by atoms with van der Waals surface area (Å²) in [5, 5.41) is 1.10. The van der Waals surface area contributed by atoms with Gasteiger partial charge in [0.1, 0.15) is 22.7 Å². The summed E-state index contributed by atoms with van der Waals surface area (Å²) >= 11 is 2.87. The standard InChI is InChI=1S/2C6H10N2S/c1-6(2,3)5-7-4-9-8-5;1-6(2,3)5-7-4-8-9-5/h2*4H,1-3H3. The highest BCUT2D eigenvalue weighted by molar-refractivity contribution is 7.05. The summed E-state index contributed by atoms with van der Waals surface area (Å²) in [7, 11) is 0. The average molecular weight is 284 g/mol. The first-order chi connectivity index (χ1) is 8.21. The van der Waals surface area contributed by atoms with Gasteiger partial charge in [-0.1, -0.05) is 41.5 Å². The molecule has 2 aromatic heterocycles. The van der Waals surface area contributed by atoms with Gasteiger partial charge >= 0.3 is 0 Å². The van der Waals surface area contributed by atoms with Crippen LogP contribution in [0.25, 0.3) is 0 Å². The Morgan fingerprint density at radius 2 is 1.61 bits per heavy atom. The zero-order valence-electron chi connectivity index (χ0n) is 11.8. The van der Waals surface area contributed by atoms with Crippen LogP contribution in [-0.2, 0) is 10.8 Å². The van der Waals surface area contributed by atoms with Crippen molar-refractivity contribution >= 4 is 23.1 Å². The average Bonchev–Trinajstić information content (AvgIpc) is 2.91. The van der Waals surface area contributed by atoms with E-state index >= 15 is 0 Å². The van der Waals surface area contributed by atoms with Gasteiger partial charge in [0.25, 0.3) is 0 Å². The van der Waals surface area contributed by atoms with E-state index in [9.17, 15) is 0 Å². The van der Waals surface area contributed by atoms with Gasteiger partial charge in [0, 0.05) is 10.8 Å². The highest BCUT2D eigenvalue weighted by Crippen LogP contribution is 2.21. The summed E-state index contributed by atoms with van der Waals surface area (Å²) in [6.07, 6.45) is 1.60. The highest BCUT2D eigenvalue weighted by atomic mass is 32.1. The maximum atomic E-state index is 4.12. The van der Waals surface area contributed by atoms with Crippen LogP contribution in [-0.4, -0.2) is 18.7 Å². The molecule has 18 heavy (non-hydrogen) atoms. The van der Waals surface area contributed by atoms with Crippen molar-refractivity contribution in [1.29, 1.82) is 0 Å². The Kier molecular flexibility index (Phi) is 4.92. The number of rotatable bonds is 0. The van der Waals surface area contributed by atoms with E-state index in [1.807, 2.05) is 0 Å². The summed E-state index contributed by atoms with van der Waals surface area (Å²) in [5.74, 6) is 0.938. The van der Waals surface area contributed by atoms with Crippen molar-refractivity contribution in [3.8, 4) is 0 Å². The smallest absolute Gasteiger partial charge is 0.147 e. The van der Waals surface area contributed by atoms with E-state index in [1.165, 1.54) is 23.1 Å². The summed E-state index contributed by atoms with van der Waals surface area (Å²) in [4.78, 5) is 8.19. The molecule has 0 radical (unpaired) electrons. The van der Waals surface area contributed by atoms with Crippen LogP contribution in [0.3, 0.4) is 0 Å². The molecule has 2 rings (SSSR count). The quantitative estimate of drug-likeness (QED) is 0.740. The molecule has 0 saturated carbocycles. The molecule has 0 aliphatic carbocycles. The molecule has 0 N–H and O–H groups in total. The molecule has 6 heteroatoms. The zero-order chi connectivity index (χ0) is 13.8. The van der Waals surface area contributed by atoms with Crippen molar-refractivity contribution in [3.05, 3.63) is 22.7 Å². The molecule has 0 fully saturated rings. The summed E-state index contributed by atoms with van der Waals surface area (Å²) in [6, 6.07) is 0. The molecule has 0 saturated heterocycles. The lowest BCUT2D eigenvalue weighted by Crippen LogP contribution is -2.12. The Labute approximate surface area is 117 Å². The Bertz CT molecular complexity index is 391. The Balaban J connectivity index is 0.000000180. The molecule has 0 aromatic carbocycles.